The van der Waals surface area contributed by atoms with Gasteiger partial charge in [-0.15, -0.1) is 0 Å². The van der Waals surface area contributed by atoms with Gasteiger partial charge in [-0.3, -0.25) is 9.59 Å². The van der Waals surface area contributed by atoms with E-state index in [1.165, 1.54) is 18.3 Å². The Morgan fingerprint density at radius 2 is 2.05 bits per heavy atom. The molecule has 0 aliphatic carbocycles. The molecule has 2 amide bonds. The van der Waals surface area contributed by atoms with E-state index in [1.54, 1.807) is 12.1 Å². The summed E-state index contributed by atoms with van der Waals surface area (Å²) in [5, 5.41) is 4.78. The summed E-state index contributed by atoms with van der Waals surface area (Å²) in [6.07, 6.45) is 1.19. The molecular formula is C13H16FN3O2. The lowest BCUT2D eigenvalue weighted by Crippen LogP contribution is -2.39. The quantitative estimate of drug-likeness (QED) is 0.503. The minimum Gasteiger partial charge on any atom is -0.361 e. The van der Waals surface area contributed by atoms with Crippen LogP contribution in [0.25, 0.3) is 0 Å². The summed E-state index contributed by atoms with van der Waals surface area (Å²) in [4.78, 5) is 22.4. The van der Waals surface area contributed by atoms with Crippen molar-refractivity contribution in [1.82, 2.24) is 5.01 Å². The predicted octanol–water partition coefficient (Wildman–Crippen LogP) is 1.13. The number of hydrazone groups is 1. The molecule has 0 spiro atoms. The normalized spacial score (nSPS) is 10.9. The van der Waals surface area contributed by atoms with Crippen molar-refractivity contribution in [2.45, 2.75) is 13.8 Å². The van der Waals surface area contributed by atoms with Gasteiger partial charge in [-0.05, 0) is 12.0 Å². The van der Waals surface area contributed by atoms with Crippen LogP contribution in [0.2, 0.25) is 0 Å². The maximum absolute atomic E-state index is 13.4. The van der Waals surface area contributed by atoms with Crippen LogP contribution in [0.3, 0.4) is 0 Å². The maximum atomic E-state index is 13.4. The highest BCUT2D eigenvalue weighted by atomic mass is 19.1. The SMILES string of the molecule is CC(C)CN(/N=C/c1ccccc1F)C(=O)C(N)=O. The van der Waals surface area contributed by atoms with Gasteiger partial charge in [-0.1, -0.05) is 32.0 Å². The van der Waals surface area contributed by atoms with Crippen molar-refractivity contribution in [2.75, 3.05) is 6.54 Å². The van der Waals surface area contributed by atoms with E-state index in [-0.39, 0.29) is 18.0 Å². The third kappa shape index (κ3) is 4.50. The van der Waals surface area contributed by atoms with Gasteiger partial charge in [0.2, 0.25) is 0 Å². The third-order valence-corrected chi connectivity index (χ3v) is 2.22. The number of nitrogens with two attached hydrogens (primary N) is 1. The minimum absolute atomic E-state index is 0.0982. The molecule has 1 aromatic rings. The Morgan fingerprint density at radius 3 is 2.58 bits per heavy atom. The van der Waals surface area contributed by atoms with Crippen LogP contribution in [0.15, 0.2) is 29.4 Å². The van der Waals surface area contributed by atoms with Gasteiger partial charge in [0.15, 0.2) is 0 Å². The zero-order chi connectivity index (χ0) is 14.4. The summed E-state index contributed by atoms with van der Waals surface area (Å²) in [6.45, 7) is 3.95. The summed E-state index contributed by atoms with van der Waals surface area (Å²) >= 11 is 0. The standard InChI is InChI=1S/C13H16FN3O2/c1-9(2)8-17(13(19)12(15)18)16-7-10-5-3-4-6-11(10)14/h3-7,9H,8H2,1-2H3,(H2,15,18)/b16-7+. The van der Waals surface area contributed by atoms with Gasteiger partial charge in [0.05, 0.1) is 6.21 Å². The van der Waals surface area contributed by atoms with E-state index < -0.39 is 17.6 Å². The smallest absolute Gasteiger partial charge is 0.331 e. The summed E-state index contributed by atoms with van der Waals surface area (Å²) in [5.41, 5.74) is 5.16. The first-order valence-corrected chi connectivity index (χ1v) is 5.81. The van der Waals surface area contributed by atoms with Crippen LogP contribution in [-0.4, -0.2) is 29.6 Å². The number of benzene rings is 1. The van der Waals surface area contributed by atoms with E-state index in [0.717, 1.165) is 5.01 Å². The molecule has 0 saturated carbocycles. The molecule has 2 N–H and O–H groups in total. The average molecular weight is 265 g/mol. The molecule has 5 nitrogen and oxygen atoms in total. The highest BCUT2D eigenvalue weighted by Crippen LogP contribution is 2.05. The fourth-order valence-corrected chi connectivity index (χ4v) is 1.37. The second kappa shape index (κ2) is 6.63. The Bertz CT molecular complexity index is 500. The maximum Gasteiger partial charge on any atom is 0.331 e. The van der Waals surface area contributed by atoms with E-state index in [4.69, 9.17) is 5.73 Å². The van der Waals surface area contributed by atoms with Gasteiger partial charge in [0, 0.05) is 12.1 Å². The zero-order valence-electron chi connectivity index (χ0n) is 10.8. The van der Waals surface area contributed by atoms with E-state index in [9.17, 15) is 14.0 Å². The molecular weight excluding hydrogens is 249 g/mol. The van der Waals surface area contributed by atoms with E-state index in [1.807, 2.05) is 13.8 Å². The highest BCUT2D eigenvalue weighted by molar-refractivity contribution is 6.34. The predicted molar refractivity (Wildman–Crippen MR) is 69.7 cm³/mol. The molecule has 1 aromatic carbocycles. The Morgan fingerprint density at radius 1 is 1.42 bits per heavy atom. The first-order valence-electron chi connectivity index (χ1n) is 5.81. The number of halogens is 1. The molecule has 1 rings (SSSR count). The molecule has 0 aliphatic rings. The van der Waals surface area contributed by atoms with E-state index in [0.29, 0.717) is 0 Å². The van der Waals surface area contributed by atoms with Crippen molar-refractivity contribution >= 4 is 18.0 Å². The summed E-state index contributed by atoms with van der Waals surface area (Å²) in [7, 11) is 0. The third-order valence-electron chi connectivity index (χ3n) is 2.22. The van der Waals surface area contributed by atoms with Crippen LogP contribution < -0.4 is 5.73 Å². The van der Waals surface area contributed by atoms with Gasteiger partial charge in [0.1, 0.15) is 5.82 Å². The number of rotatable bonds is 4. The fraction of sp³-hybridized carbons (Fsp3) is 0.308. The molecule has 0 aliphatic heterocycles. The molecule has 0 fully saturated rings. The lowest BCUT2D eigenvalue weighted by molar-refractivity contribution is -0.144. The number of carbonyl (C=O) groups is 2. The monoisotopic (exact) mass is 265 g/mol. The van der Waals surface area contributed by atoms with E-state index in [2.05, 4.69) is 5.10 Å². The summed E-state index contributed by atoms with van der Waals surface area (Å²) < 4.78 is 13.4. The van der Waals surface area contributed by atoms with Gasteiger partial charge >= 0.3 is 11.8 Å². The fourth-order valence-electron chi connectivity index (χ4n) is 1.37. The molecule has 0 unspecified atom stereocenters. The summed E-state index contributed by atoms with van der Waals surface area (Å²) in [6, 6.07) is 5.99. The van der Waals surface area contributed by atoms with Crippen LogP contribution in [0.5, 0.6) is 0 Å². The van der Waals surface area contributed by atoms with Crippen molar-refractivity contribution < 1.29 is 14.0 Å². The van der Waals surface area contributed by atoms with Gasteiger partial charge in [-0.2, -0.15) is 5.10 Å². The van der Waals surface area contributed by atoms with Crippen LogP contribution in [-0.2, 0) is 9.59 Å². The summed E-state index contributed by atoms with van der Waals surface area (Å²) in [5.74, 6) is -2.36. The number of carbonyl (C=O) groups excluding carboxylic acids is 2. The van der Waals surface area contributed by atoms with Crippen LogP contribution in [0, 0.1) is 11.7 Å². The van der Waals surface area contributed by atoms with Crippen molar-refractivity contribution in [3.63, 3.8) is 0 Å². The van der Waals surface area contributed by atoms with Crippen molar-refractivity contribution in [3.8, 4) is 0 Å². The average Bonchev–Trinajstić information content (AvgIpc) is 2.34. The van der Waals surface area contributed by atoms with Gasteiger partial charge in [0.25, 0.3) is 0 Å². The second-order valence-corrected chi connectivity index (χ2v) is 4.41. The minimum atomic E-state index is -1.09. The molecule has 0 atom stereocenters. The number of amides is 2. The molecule has 0 heterocycles. The molecule has 0 radical (unpaired) electrons. The van der Waals surface area contributed by atoms with Crippen LogP contribution in [0.1, 0.15) is 19.4 Å². The Balaban J connectivity index is 2.91. The van der Waals surface area contributed by atoms with Gasteiger partial charge in [-0.25, -0.2) is 9.40 Å². The first-order chi connectivity index (χ1) is 8.91. The largest absolute Gasteiger partial charge is 0.361 e. The van der Waals surface area contributed by atoms with Crippen LogP contribution >= 0.6 is 0 Å². The van der Waals surface area contributed by atoms with Crippen LogP contribution in [0.4, 0.5) is 4.39 Å². The van der Waals surface area contributed by atoms with Crippen molar-refractivity contribution in [2.24, 2.45) is 16.8 Å². The molecule has 0 bridgehead atoms. The zero-order valence-corrected chi connectivity index (χ0v) is 10.8. The lowest BCUT2D eigenvalue weighted by atomic mass is 10.2. The Hall–Kier alpha value is -2.24. The molecule has 6 heteroatoms. The topological polar surface area (TPSA) is 75.8 Å². The first kappa shape index (κ1) is 14.8. The Labute approximate surface area is 110 Å². The molecule has 0 saturated heterocycles. The Kier molecular flexibility index (Phi) is 5.17. The van der Waals surface area contributed by atoms with Crippen molar-refractivity contribution in [1.29, 1.82) is 0 Å². The highest BCUT2D eigenvalue weighted by Gasteiger charge is 2.19. The number of primary amides is 1. The molecule has 0 aromatic heterocycles. The molecule has 19 heavy (non-hydrogen) atoms. The van der Waals surface area contributed by atoms with Crippen molar-refractivity contribution in [3.05, 3.63) is 35.6 Å². The molecule has 102 valence electrons. The lowest BCUT2D eigenvalue weighted by Gasteiger charge is -2.17. The van der Waals surface area contributed by atoms with Gasteiger partial charge < -0.3 is 5.73 Å². The second-order valence-electron chi connectivity index (χ2n) is 4.41. The van der Waals surface area contributed by atoms with E-state index >= 15 is 0 Å². The number of nitrogens with zero attached hydrogens (tertiary/aromatic N) is 2. The number of hydrogen-bond acceptors (Lipinski definition) is 3. The number of hydrogen-bond donors (Lipinski definition) is 1.